The first-order valence-electron chi connectivity index (χ1n) is 9.33. The van der Waals surface area contributed by atoms with Crippen LogP contribution in [-0.2, 0) is 22.4 Å². The number of nitrogens with one attached hydrogen (secondary N) is 1. The van der Waals surface area contributed by atoms with Crippen LogP contribution < -0.4 is 5.32 Å². The smallest absolute Gasteiger partial charge is 0.356 e. The lowest BCUT2D eigenvalue weighted by Crippen LogP contribution is -2.25. The molecule has 2 N–H and O–H groups in total. The molecule has 2 aromatic heterocycles. The first-order chi connectivity index (χ1) is 13.4. The molecular weight excluding hydrogens is 382 g/mol. The number of fused-ring (bicyclic) bond motifs is 1. The van der Waals surface area contributed by atoms with E-state index in [9.17, 15) is 14.4 Å². The molecule has 2 aromatic rings. The van der Waals surface area contributed by atoms with Crippen molar-refractivity contribution in [2.24, 2.45) is 0 Å². The molecule has 0 spiro atoms. The number of ether oxygens (including phenoxy) is 1. The number of aryl methyl sites for hydroxylation is 1. The monoisotopic (exact) mass is 405 g/mol. The van der Waals surface area contributed by atoms with Gasteiger partial charge >= 0.3 is 11.9 Å². The summed E-state index contributed by atoms with van der Waals surface area (Å²) in [5, 5.41) is 16.2. The number of carboxylic acid groups (broad SMARTS) is 1. The Labute approximate surface area is 166 Å². The predicted molar refractivity (Wildman–Crippen MR) is 104 cm³/mol. The third-order valence-corrected chi connectivity index (χ3v) is 5.95. The van der Waals surface area contributed by atoms with E-state index in [1.807, 2.05) is 0 Å². The van der Waals surface area contributed by atoms with Gasteiger partial charge in [-0.1, -0.05) is 6.42 Å². The molecule has 28 heavy (non-hydrogen) atoms. The summed E-state index contributed by atoms with van der Waals surface area (Å²) in [6, 6.07) is 0.605. The fraction of sp³-hybridized carbons (Fsp3) is 0.474. The molecule has 0 saturated heterocycles. The number of anilines is 1. The Bertz CT molecular complexity index is 902. The third kappa shape index (κ3) is 4.09. The van der Waals surface area contributed by atoms with Crippen LogP contribution in [0, 0.1) is 0 Å². The summed E-state index contributed by atoms with van der Waals surface area (Å²) in [5.41, 5.74) is 1.31. The number of nitrogens with zero attached hydrogens (tertiary/aromatic N) is 2. The summed E-state index contributed by atoms with van der Waals surface area (Å²) in [4.78, 5) is 37.4. The minimum Gasteiger partial charge on any atom is -0.476 e. The minimum atomic E-state index is -1.15. The topological polar surface area (TPSA) is 111 Å². The molecule has 1 atom stereocenters. The van der Waals surface area contributed by atoms with Crippen LogP contribution in [-0.4, -0.2) is 39.3 Å². The Kier molecular flexibility index (Phi) is 6.13. The fourth-order valence-corrected chi connectivity index (χ4v) is 4.53. The second-order valence-corrected chi connectivity index (χ2v) is 7.75. The van der Waals surface area contributed by atoms with Gasteiger partial charge in [0, 0.05) is 11.1 Å². The van der Waals surface area contributed by atoms with Gasteiger partial charge in [-0.2, -0.15) is 5.10 Å². The van der Waals surface area contributed by atoms with Crippen LogP contribution in [0.1, 0.15) is 70.4 Å². The molecule has 1 aliphatic carbocycles. The van der Waals surface area contributed by atoms with Gasteiger partial charge in [0.1, 0.15) is 11.0 Å². The van der Waals surface area contributed by atoms with E-state index < -0.39 is 18.0 Å². The molecule has 1 aliphatic rings. The highest BCUT2D eigenvalue weighted by Crippen LogP contribution is 2.38. The number of amides is 1. The number of carboxylic acids is 1. The lowest BCUT2D eigenvalue weighted by molar-refractivity contribution is -0.119. The molecule has 1 unspecified atom stereocenters. The quantitative estimate of drug-likeness (QED) is 0.564. The van der Waals surface area contributed by atoms with E-state index in [0.29, 0.717) is 10.6 Å². The van der Waals surface area contributed by atoms with E-state index in [2.05, 4.69) is 10.4 Å². The number of aromatic carboxylic acids is 1. The normalized spacial score (nSPS) is 14.6. The highest BCUT2D eigenvalue weighted by Gasteiger charge is 2.28. The Morgan fingerprint density at radius 2 is 2.07 bits per heavy atom. The molecule has 0 radical (unpaired) electrons. The fourth-order valence-electron chi connectivity index (χ4n) is 3.25. The van der Waals surface area contributed by atoms with Gasteiger partial charge in [-0.05, 0) is 51.2 Å². The van der Waals surface area contributed by atoms with Crippen molar-refractivity contribution in [1.82, 2.24) is 9.78 Å². The first kappa shape index (κ1) is 20.1. The zero-order valence-corrected chi connectivity index (χ0v) is 16.7. The highest BCUT2D eigenvalue weighted by molar-refractivity contribution is 7.17. The summed E-state index contributed by atoms with van der Waals surface area (Å²) >= 11 is 1.42. The predicted octanol–water partition coefficient (Wildman–Crippen LogP) is 3.29. The van der Waals surface area contributed by atoms with Crippen molar-refractivity contribution >= 4 is 34.2 Å². The van der Waals surface area contributed by atoms with Gasteiger partial charge in [-0.25, -0.2) is 9.59 Å². The SMILES string of the molecule is CCOC(=O)c1c(NC(=O)C(C)n2ccc(C(=O)O)n2)sc2c1CCCCC2. The van der Waals surface area contributed by atoms with Gasteiger partial charge in [0.25, 0.3) is 0 Å². The second kappa shape index (κ2) is 8.55. The van der Waals surface area contributed by atoms with E-state index in [-0.39, 0.29) is 18.2 Å². The Hall–Kier alpha value is -2.68. The number of esters is 1. The maximum Gasteiger partial charge on any atom is 0.356 e. The number of hydrogen-bond acceptors (Lipinski definition) is 6. The van der Waals surface area contributed by atoms with Crippen LogP contribution in [0.3, 0.4) is 0 Å². The van der Waals surface area contributed by atoms with Crippen molar-refractivity contribution in [2.75, 3.05) is 11.9 Å². The molecule has 9 heteroatoms. The zero-order chi connectivity index (χ0) is 20.3. The van der Waals surface area contributed by atoms with Crippen molar-refractivity contribution < 1.29 is 24.2 Å². The molecule has 0 saturated carbocycles. The van der Waals surface area contributed by atoms with Crippen molar-refractivity contribution in [1.29, 1.82) is 0 Å². The Morgan fingerprint density at radius 3 is 2.75 bits per heavy atom. The van der Waals surface area contributed by atoms with Crippen molar-refractivity contribution in [3.8, 4) is 0 Å². The number of carbonyl (C=O) groups is 3. The van der Waals surface area contributed by atoms with Crippen LogP contribution in [0.2, 0.25) is 0 Å². The lowest BCUT2D eigenvalue weighted by atomic mass is 10.1. The third-order valence-electron chi connectivity index (χ3n) is 4.74. The summed E-state index contributed by atoms with van der Waals surface area (Å²) < 4.78 is 6.52. The molecule has 0 bridgehead atoms. The van der Waals surface area contributed by atoms with E-state index in [1.54, 1.807) is 13.8 Å². The molecular formula is C19H23N3O5S. The Morgan fingerprint density at radius 1 is 1.32 bits per heavy atom. The molecule has 8 nitrogen and oxygen atoms in total. The van der Waals surface area contributed by atoms with Crippen LogP contribution in [0.5, 0.6) is 0 Å². The minimum absolute atomic E-state index is 0.130. The van der Waals surface area contributed by atoms with Gasteiger partial charge in [0.2, 0.25) is 5.91 Å². The van der Waals surface area contributed by atoms with Crippen molar-refractivity contribution in [3.05, 3.63) is 34.0 Å². The van der Waals surface area contributed by atoms with Gasteiger partial charge in [0.15, 0.2) is 5.69 Å². The molecule has 2 heterocycles. The highest BCUT2D eigenvalue weighted by atomic mass is 32.1. The van der Waals surface area contributed by atoms with E-state index in [4.69, 9.17) is 9.84 Å². The molecule has 3 rings (SSSR count). The van der Waals surface area contributed by atoms with E-state index in [1.165, 1.54) is 28.3 Å². The maximum atomic E-state index is 12.7. The average molecular weight is 405 g/mol. The van der Waals surface area contributed by atoms with Crippen LogP contribution in [0.15, 0.2) is 12.3 Å². The van der Waals surface area contributed by atoms with Crippen LogP contribution in [0.25, 0.3) is 0 Å². The summed E-state index contributed by atoms with van der Waals surface area (Å²) in [6.45, 7) is 3.63. The summed E-state index contributed by atoms with van der Waals surface area (Å²) in [7, 11) is 0. The van der Waals surface area contributed by atoms with Crippen molar-refractivity contribution in [3.63, 3.8) is 0 Å². The number of thiophene rings is 1. The van der Waals surface area contributed by atoms with Crippen LogP contribution >= 0.6 is 11.3 Å². The standard InChI is InChI=1S/C19H23N3O5S/c1-3-27-19(26)15-12-7-5-4-6-8-14(12)28-17(15)20-16(23)11(2)22-10-9-13(21-22)18(24)25/h9-11H,3-8H2,1-2H3,(H,20,23)(H,24,25). The van der Waals surface area contributed by atoms with Gasteiger partial charge in [-0.3, -0.25) is 9.48 Å². The number of rotatable bonds is 6. The summed E-state index contributed by atoms with van der Waals surface area (Å²) in [5.74, 6) is -1.95. The maximum absolute atomic E-state index is 12.7. The zero-order valence-electron chi connectivity index (χ0n) is 15.9. The molecule has 150 valence electrons. The number of carbonyl (C=O) groups excluding carboxylic acids is 2. The molecule has 0 aliphatic heterocycles. The molecule has 1 amide bonds. The average Bonchev–Trinajstić information content (AvgIpc) is 3.21. The van der Waals surface area contributed by atoms with Gasteiger partial charge < -0.3 is 15.2 Å². The summed E-state index contributed by atoms with van der Waals surface area (Å²) in [6.07, 6.45) is 6.32. The second-order valence-electron chi connectivity index (χ2n) is 6.64. The first-order valence-corrected chi connectivity index (χ1v) is 10.1. The van der Waals surface area contributed by atoms with Gasteiger partial charge in [-0.15, -0.1) is 11.3 Å². The van der Waals surface area contributed by atoms with E-state index in [0.717, 1.165) is 42.5 Å². The lowest BCUT2D eigenvalue weighted by Gasteiger charge is -2.13. The number of aromatic nitrogens is 2. The largest absolute Gasteiger partial charge is 0.476 e. The van der Waals surface area contributed by atoms with Crippen LogP contribution in [0.4, 0.5) is 5.00 Å². The number of hydrogen-bond donors (Lipinski definition) is 2. The molecule has 0 aromatic carbocycles. The molecule has 0 fully saturated rings. The van der Waals surface area contributed by atoms with Crippen molar-refractivity contribution in [2.45, 2.75) is 52.0 Å². The van der Waals surface area contributed by atoms with Gasteiger partial charge in [0.05, 0.1) is 12.2 Å². The van der Waals surface area contributed by atoms with E-state index >= 15 is 0 Å². The Balaban J connectivity index is 1.86.